The Morgan fingerprint density at radius 2 is 1.60 bits per heavy atom. The van der Waals surface area contributed by atoms with Gasteiger partial charge in [0.05, 0.1) is 24.4 Å². The topological polar surface area (TPSA) is 202 Å². The number of piperidine rings is 1. The largest absolute Gasteiger partial charge is 0.460 e. The Morgan fingerprint density at radius 3 is 2.28 bits per heavy atom. The normalized spacial score (nSPS) is 40.4. The zero-order valence-corrected chi connectivity index (χ0v) is 40.7. The zero-order chi connectivity index (χ0) is 48.2. The van der Waals surface area contributed by atoms with Gasteiger partial charge in [-0.25, -0.2) is 4.79 Å². The summed E-state index contributed by atoms with van der Waals surface area (Å²) in [4.78, 5) is 58.2. The van der Waals surface area contributed by atoms with E-state index in [1.807, 2.05) is 45.1 Å². The number of nitrogens with zero attached hydrogens (tertiary/aromatic N) is 1. The summed E-state index contributed by atoms with van der Waals surface area (Å²) in [6.45, 7) is 13.1. The lowest BCUT2D eigenvalue weighted by Gasteiger charge is -2.42. The van der Waals surface area contributed by atoms with Crippen LogP contribution in [0.2, 0.25) is 0 Å². The van der Waals surface area contributed by atoms with Gasteiger partial charge in [0.15, 0.2) is 0 Å². The first-order valence-corrected chi connectivity index (χ1v) is 24.0. The van der Waals surface area contributed by atoms with Gasteiger partial charge < -0.3 is 49.3 Å². The van der Waals surface area contributed by atoms with Crippen molar-refractivity contribution in [3.05, 3.63) is 47.6 Å². The lowest BCUT2D eigenvalue weighted by molar-refractivity contribution is -0.265. The number of ether oxygens (including phenoxy) is 5. The molecule has 0 spiro atoms. The Bertz CT molecular complexity index is 1760. The SMILES string of the molecule is CO[C@H]1C[C@@H]2CC[C@@H](C)[C@@](O)(O2)C(=O)C(=O)N2CCCC[C@H]2C(=O)O[C@H]([C@H](C)C[C@@H]2CC[C@@H](O)[C@H](OC)C2)CC(=O)[C@H](C)/C=C(\C)[C@@H](O)[C@@H](OC)C(=N)[C@H](C)C[C@H](C)/C=C/C=C/C=C/1C. The maximum absolute atomic E-state index is 14.4. The van der Waals surface area contributed by atoms with Crippen molar-refractivity contribution in [2.24, 2.45) is 35.5 Å². The summed E-state index contributed by atoms with van der Waals surface area (Å²) in [5.41, 5.74) is 1.61. The first-order chi connectivity index (χ1) is 30.7. The Labute approximate surface area is 387 Å². The van der Waals surface area contributed by atoms with E-state index in [2.05, 4.69) is 13.0 Å². The second kappa shape index (κ2) is 25.1. The molecule has 14 heteroatoms. The van der Waals surface area contributed by atoms with Gasteiger partial charge in [0, 0.05) is 58.3 Å². The highest BCUT2D eigenvalue weighted by Crippen LogP contribution is 2.38. The predicted octanol–water partition coefficient (Wildman–Crippen LogP) is 6.63. The molecule has 0 aromatic carbocycles. The molecule has 3 aliphatic heterocycles. The highest BCUT2D eigenvalue weighted by molar-refractivity contribution is 6.39. The summed E-state index contributed by atoms with van der Waals surface area (Å²) >= 11 is 0. The van der Waals surface area contributed by atoms with Crippen molar-refractivity contribution in [1.29, 1.82) is 5.41 Å². The van der Waals surface area contributed by atoms with E-state index in [0.29, 0.717) is 63.4 Å². The van der Waals surface area contributed by atoms with Crippen LogP contribution < -0.4 is 0 Å². The monoisotopic (exact) mass is 913 g/mol. The Kier molecular flexibility index (Phi) is 21.0. The van der Waals surface area contributed by atoms with Crippen molar-refractivity contribution >= 4 is 29.2 Å². The number of cyclic esters (lactones) is 1. The van der Waals surface area contributed by atoms with Crippen LogP contribution in [0.3, 0.4) is 0 Å². The Hall–Kier alpha value is -3.37. The van der Waals surface area contributed by atoms with E-state index < -0.39 is 77.9 Å². The Morgan fingerprint density at radius 1 is 0.877 bits per heavy atom. The number of Topliss-reactive ketones (excluding diaryl/α,β-unsaturated/α-hetero) is 2. The van der Waals surface area contributed by atoms with E-state index in [0.717, 1.165) is 12.0 Å². The molecule has 0 radical (unpaired) electrons. The van der Waals surface area contributed by atoms with Crippen LogP contribution in [-0.2, 0) is 42.9 Å². The van der Waals surface area contributed by atoms with Crippen LogP contribution in [0.25, 0.3) is 0 Å². The summed E-state index contributed by atoms with van der Waals surface area (Å²) < 4.78 is 29.5. The molecule has 15 atom stereocenters. The third kappa shape index (κ3) is 14.3. The molecule has 1 amide bonds. The smallest absolute Gasteiger partial charge is 0.329 e. The summed E-state index contributed by atoms with van der Waals surface area (Å²) in [7, 11) is 4.62. The van der Waals surface area contributed by atoms with Gasteiger partial charge in [0.25, 0.3) is 11.7 Å². The summed E-state index contributed by atoms with van der Waals surface area (Å²) in [5, 5.41) is 42.9. The molecule has 366 valence electrons. The first kappa shape index (κ1) is 54.2. The molecule has 4 aliphatic rings. The van der Waals surface area contributed by atoms with Gasteiger partial charge in [-0.3, -0.25) is 14.4 Å². The van der Waals surface area contributed by atoms with Crippen LogP contribution in [0.5, 0.6) is 0 Å². The molecule has 4 N–H and O–H groups in total. The number of esters is 1. The number of ketones is 2. The van der Waals surface area contributed by atoms with Crippen LogP contribution in [0, 0.1) is 40.9 Å². The van der Waals surface area contributed by atoms with Crippen molar-refractivity contribution in [3.63, 3.8) is 0 Å². The molecule has 2 bridgehead atoms. The lowest BCUT2D eigenvalue weighted by Crippen LogP contribution is -2.61. The van der Waals surface area contributed by atoms with E-state index in [1.54, 1.807) is 41.1 Å². The van der Waals surface area contributed by atoms with Crippen LogP contribution >= 0.6 is 0 Å². The van der Waals surface area contributed by atoms with Gasteiger partial charge in [0.2, 0.25) is 5.79 Å². The number of amides is 1. The number of hydrogen-bond acceptors (Lipinski definition) is 13. The van der Waals surface area contributed by atoms with Gasteiger partial charge in [0.1, 0.15) is 30.1 Å². The fraction of sp³-hybridized carbons (Fsp3) is 0.745. The third-order valence-corrected chi connectivity index (χ3v) is 14.6. The minimum absolute atomic E-state index is 0.0969. The fourth-order valence-corrected chi connectivity index (χ4v) is 10.2. The molecule has 4 rings (SSSR count). The molecule has 14 nitrogen and oxygen atoms in total. The number of aliphatic hydroxyl groups is 3. The zero-order valence-electron chi connectivity index (χ0n) is 40.7. The maximum Gasteiger partial charge on any atom is 0.329 e. The quantitative estimate of drug-likeness (QED) is 0.126. The number of carbonyl (C=O) groups is 4. The molecule has 0 aromatic heterocycles. The second-order valence-corrected chi connectivity index (χ2v) is 19.6. The fourth-order valence-electron chi connectivity index (χ4n) is 10.2. The van der Waals surface area contributed by atoms with E-state index in [9.17, 15) is 34.5 Å². The minimum atomic E-state index is -2.42. The maximum atomic E-state index is 14.4. The number of nitrogens with one attached hydrogen (secondary N) is 1. The highest BCUT2D eigenvalue weighted by Gasteiger charge is 2.53. The summed E-state index contributed by atoms with van der Waals surface area (Å²) in [6.07, 6.45) is 12.1. The molecule has 1 aliphatic carbocycles. The molecule has 2 saturated heterocycles. The van der Waals surface area contributed by atoms with Gasteiger partial charge >= 0.3 is 5.97 Å². The van der Waals surface area contributed by atoms with Crippen LogP contribution in [-0.4, -0.2) is 132 Å². The third-order valence-electron chi connectivity index (χ3n) is 14.6. The van der Waals surface area contributed by atoms with E-state index in [4.69, 9.17) is 29.1 Å². The van der Waals surface area contributed by atoms with E-state index >= 15 is 0 Å². The van der Waals surface area contributed by atoms with Gasteiger partial charge in [-0.2, -0.15) is 0 Å². The number of methoxy groups -OCH3 is 3. The number of allylic oxidation sites excluding steroid dienone is 6. The first-order valence-electron chi connectivity index (χ1n) is 24.0. The average Bonchev–Trinajstić information content (AvgIpc) is 3.28. The number of aliphatic hydroxyl groups excluding tert-OH is 2. The van der Waals surface area contributed by atoms with E-state index in [1.165, 1.54) is 12.0 Å². The molecule has 3 heterocycles. The van der Waals surface area contributed by atoms with Crippen molar-refractivity contribution in [2.45, 2.75) is 180 Å². The van der Waals surface area contributed by atoms with Crippen molar-refractivity contribution < 1.29 is 58.2 Å². The molecular weight excluding hydrogens is 833 g/mol. The van der Waals surface area contributed by atoms with Crippen molar-refractivity contribution in [1.82, 2.24) is 4.90 Å². The molecular formula is C51H80N2O12. The molecule has 65 heavy (non-hydrogen) atoms. The molecule has 3 fully saturated rings. The highest BCUT2D eigenvalue weighted by atomic mass is 16.6. The number of fused-ring (bicyclic) bond motifs is 3. The second-order valence-electron chi connectivity index (χ2n) is 19.6. The molecule has 0 aromatic rings. The van der Waals surface area contributed by atoms with Gasteiger partial charge in [-0.05, 0) is 113 Å². The lowest BCUT2D eigenvalue weighted by atomic mass is 9.78. The average molecular weight is 913 g/mol. The van der Waals surface area contributed by atoms with Crippen LogP contribution in [0.1, 0.15) is 126 Å². The number of rotatable bonds is 6. The summed E-state index contributed by atoms with van der Waals surface area (Å²) in [5.74, 6) is -7.26. The Balaban J connectivity index is 1.70. The number of hydrogen-bond donors (Lipinski definition) is 4. The number of carbonyl (C=O) groups excluding carboxylic acids is 4. The molecule has 1 saturated carbocycles. The van der Waals surface area contributed by atoms with Crippen molar-refractivity contribution in [3.8, 4) is 0 Å². The predicted molar refractivity (Wildman–Crippen MR) is 248 cm³/mol. The van der Waals surface area contributed by atoms with Gasteiger partial charge in [-0.1, -0.05) is 71.1 Å². The summed E-state index contributed by atoms with van der Waals surface area (Å²) in [6, 6.07) is -1.13. The standard InChI is InChI=1S/C51H80N2O12/c1-30-16-12-11-13-17-31(2)42(61-8)28-38-21-19-36(7)51(60,65-38)48(57)49(58)53-23-15-14-18-39(53)50(59)64-43(33(4)26-37-20-22-40(54)44(27-37)62-9)29-41(55)32(3)25-35(6)46(56)47(63-10)45(52)34(5)24-30/h11-13,16-17,25,30,32-34,36-40,42-44,46-47,52,54,56,60H,14-15,18-24,26-29H2,1-10H3/b13-11+,16-12+,31-17+,35-25+,52-45?/t30-,32-,33-,34-,36-,37+,38+,39+,40-,42+,43+,44-,46-,47+,51-/m1/s1. The van der Waals surface area contributed by atoms with Crippen molar-refractivity contribution in [2.75, 3.05) is 27.9 Å². The minimum Gasteiger partial charge on any atom is -0.460 e. The van der Waals surface area contributed by atoms with E-state index in [-0.39, 0.29) is 60.7 Å². The van der Waals surface area contributed by atoms with Gasteiger partial charge in [-0.15, -0.1) is 0 Å². The van der Waals surface area contributed by atoms with Crippen LogP contribution in [0.4, 0.5) is 0 Å². The molecule has 0 unspecified atom stereocenters. The van der Waals surface area contributed by atoms with Crippen LogP contribution in [0.15, 0.2) is 47.6 Å².